The minimum atomic E-state index is -2.22. The number of nitrogens with two attached hydrogens (primary N) is 1. The number of pyridine rings is 3. The molecule has 0 aliphatic carbocycles. The average Bonchev–Trinajstić information content (AvgIpc) is 2.88. The Morgan fingerprint density at radius 2 is 1.90 bits per heavy atom. The number of aliphatic hydroxyl groups is 2. The normalized spacial score (nSPS) is 20.9. The Bertz CT molecular complexity index is 1450. The van der Waals surface area contributed by atoms with Crippen LogP contribution in [-0.2, 0) is 0 Å². The monoisotopic (exact) mass is 540 g/mol. The minimum absolute atomic E-state index is 0.0264. The van der Waals surface area contributed by atoms with Crippen molar-refractivity contribution in [2.75, 3.05) is 43.2 Å². The van der Waals surface area contributed by atoms with Gasteiger partial charge in [-0.05, 0) is 37.7 Å². The highest BCUT2D eigenvalue weighted by molar-refractivity contribution is 6.21. The molecule has 1 aliphatic heterocycles. The molecule has 3 aromatic heterocycles. The summed E-state index contributed by atoms with van der Waals surface area (Å²) < 4.78 is 5.92. The van der Waals surface area contributed by atoms with Gasteiger partial charge < -0.3 is 31.0 Å². The van der Waals surface area contributed by atoms with Crippen LogP contribution in [0.3, 0.4) is 0 Å². The van der Waals surface area contributed by atoms with Gasteiger partial charge in [0.2, 0.25) is 5.88 Å². The predicted octanol–water partition coefficient (Wildman–Crippen LogP) is -0.0683. The molecule has 40 heavy (non-hydrogen) atoms. The maximum Gasteiger partial charge on any atom is 0.258 e. The summed E-state index contributed by atoms with van der Waals surface area (Å²) in [6.07, 6.45) is 2.67. The Morgan fingerprint density at radius 1 is 1.20 bits per heavy atom. The number of rotatable bonds is 7. The second kappa shape index (κ2) is 11.0. The van der Waals surface area contributed by atoms with E-state index in [2.05, 4.69) is 31.0 Å². The first-order chi connectivity index (χ1) is 18.9. The summed E-state index contributed by atoms with van der Waals surface area (Å²) in [6.45, 7) is 1.52. The number of piperazine rings is 1. The Balaban J connectivity index is 1.60. The fraction of sp³-hybridized carbons (Fsp3) is 0.292. The molecule has 1 fully saturated rings. The zero-order valence-corrected chi connectivity index (χ0v) is 22.0. The van der Waals surface area contributed by atoms with Gasteiger partial charge in [-0.15, -0.1) is 0 Å². The number of β-amino-alcohol motifs (C(OH)–C–C–N with tert-alkyl or cyclic N) is 2. The van der Waals surface area contributed by atoms with Gasteiger partial charge in [0, 0.05) is 32.4 Å². The zero-order valence-electron chi connectivity index (χ0n) is 22.0. The number of likely N-dealkylation sites (N-methyl/N-ethyl adjacent to an activating group) is 1. The average molecular weight is 540 g/mol. The third kappa shape index (κ3) is 5.77. The number of carbonyl (C=O) groups excluding carboxylic acids is 1. The lowest BCUT2D eigenvalue weighted by Crippen LogP contribution is -2.74. The molecular weight excluding hydrogens is 514 g/mol. The van der Waals surface area contributed by atoms with E-state index in [-0.39, 0.29) is 30.2 Å². The van der Waals surface area contributed by atoms with Gasteiger partial charge in [0.15, 0.2) is 11.6 Å². The number of carbonyl (C=O) groups is 1. The van der Waals surface area contributed by atoms with E-state index < -0.39 is 17.2 Å². The molecule has 0 bridgehead atoms. The lowest BCUT2D eigenvalue weighted by atomic mass is 9.76. The molecule has 4 heterocycles. The van der Waals surface area contributed by atoms with Gasteiger partial charge in [-0.25, -0.2) is 9.97 Å². The van der Waals surface area contributed by atoms with E-state index in [1.165, 1.54) is 29.4 Å². The van der Waals surface area contributed by atoms with Crippen LogP contribution in [0.2, 0.25) is 0 Å². The maximum atomic E-state index is 13.2. The molecule has 16 heteroatoms. The van der Waals surface area contributed by atoms with Crippen molar-refractivity contribution in [2.24, 2.45) is 5.84 Å². The van der Waals surface area contributed by atoms with Crippen LogP contribution in [0.15, 0.2) is 36.7 Å². The predicted molar refractivity (Wildman–Crippen MR) is 148 cm³/mol. The van der Waals surface area contributed by atoms with Crippen molar-refractivity contribution in [2.45, 2.75) is 18.2 Å². The first-order valence-corrected chi connectivity index (χ1v) is 11.9. The molecule has 0 spiro atoms. The molecule has 1 saturated heterocycles. The number of nitriles is 1. The molecule has 7 N–H and O–H groups in total. The van der Waals surface area contributed by atoms with Gasteiger partial charge in [0.1, 0.15) is 50.2 Å². The summed E-state index contributed by atoms with van der Waals surface area (Å²) in [5.41, 5.74) is -0.0650. The van der Waals surface area contributed by atoms with Crippen LogP contribution in [0.1, 0.15) is 21.6 Å². The van der Waals surface area contributed by atoms with Crippen molar-refractivity contribution >= 4 is 44.6 Å². The van der Waals surface area contributed by atoms with Gasteiger partial charge in [0.25, 0.3) is 5.91 Å². The molecule has 4 rings (SSSR count). The molecule has 4 radical (unpaired) electrons. The van der Waals surface area contributed by atoms with E-state index >= 15 is 0 Å². The van der Waals surface area contributed by atoms with Crippen molar-refractivity contribution in [1.29, 1.82) is 5.26 Å². The second-order valence-electron chi connectivity index (χ2n) is 9.30. The number of amides is 1. The molecular formula is C24H26B2N10O4. The van der Waals surface area contributed by atoms with Crippen LogP contribution < -0.4 is 26.6 Å². The quantitative estimate of drug-likeness (QED) is 0.132. The largest absolute Gasteiger partial charge is 0.437 e. The third-order valence-electron chi connectivity index (χ3n) is 6.02. The van der Waals surface area contributed by atoms with E-state index in [9.17, 15) is 15.0 Å². The summed E-state index contributed by atoms with van der Waals surface area (Å²) in [5.74, 6) is 6.19. The van der Waals surface area contributed by atoms with Gasteiger partial charge in [-0.2, -0.15) is 10.2 Å². The number of aryl methyl sites for hydroxylation is 1. The lowest BCUT2D eigenvalue weighted by Gasteiger charge is -2.54. The highest BCUT2D eigenvalue weighted by atomic mass is 16.5. The Morgan fingerprint density at radius 3 is 2.45 bits per heavy atom. The van der Waals surface area contributed by atoms with Crippen LogP contribution in [0.25, 0.3) is 0 Å². The van der Waals surface area contributed by atoms with Gasteiger partial charge in [0.05, 0.1) is 17.4 Å². The van der Waals surface area contributed by atoms with E-state index in [0.29, 0.717) is 39.2 Å². The van der Waals surface area contributed by atoms with Crippen LogP contribution in [-0.4, -0.2) is 95.0 Å². The van der Waals surface area contributed by atoms with Gasteiger partial charge in [-0.3, -0.25) is 20.4 Å². The number of hydrogen-bond donors (Lipinski definition) is 6. The molecule has 1 aliphatic rings. The van der Waals surface area contributed by atoms with Crippen molar-refractivity contribution in [3.05, 3.63) is 53.5 Å². The van der Waals surface area contributed by atoms with Crippen molar-refractivity contribution in [1.82, 2.24) is 24.8 Å². The molecule has 1 amide bonds. The molecule has 202 valence electrons. The number of nitrogen functional groups attached to an aromatic ring is 1. The number of hydrazine groups is 1. The Kier molecular flexibility index (Phi) is 7.85. The van der Waals surface area contributed by atoms with E-state index in [1.54, 1.807) is 33.2 Å². The number of hydrogen-bond acceptors (Lipinski definition) is 13. The number of nitrogens with one attached hydrogen (secondary N) is 3. The molecule has 2 unspecified atom stereocenters. The van der Waals surface area contributed by atoms with Crippen LogP contribution in [0.5, 0.6) is 11.6 Å². The van der Waals surface area contributed by atoms with Crippen molar-refractivity contribution in [3.63, 3.8) is 0 Å². The summed E-state index contributed by atoms with van der Waals surface area (Å²) in [4.78, 5) is 28.0. The Labute approximate surface area is 233 Å². The number of nitrogens with zero attached hydrogens (tertiary/aromatic N) is 6. The van der Waals surface area contributed by atoms with Crippen LogP contribution >= 0.6 is 0 Å². The standard InChI is InChI=1S/C24H26B2N10O4/c1-13-6-15(8-27)30-10-17(13)40-19-7-16(20(34-28)21(29-2)33-19)32-18-5-4-14(9-31-18)22(37)36-23(25,38)11-35(3)12-24(36,26)39/h4-7,9-10,34,38-39H,11-12,28H2,1-3H3,(H2,29,31,32,33). The van der Waals surface area contributed by atoms with E-state index in [1.807, 2.05) is 6.07 Å². The zero-order chi connectivity index (χ0) is 29.2. The summed E-state index contributed by atoms with van der Waals surface area (Å²) in [6, 6.07) is 8.07. The van der Waals surface area contributed by atoms with E-state index in [0.717, 1.165) is 0 Å². The van der Waals surface area contributed by atoms with Gasteiger partial charge in [-0.1, -0.05) is 0 Å². The highest BCUT2D eigenvalue weighted by Gasteiger charge is 2.48. The number of ether oxygens (including phenoxy) is 1. The number of aromatic nitrogens is 3. The fourth-order valence-electron chi connectivity index (χ4n) is 4.36. The molecule has 2 atom stereocenters. The van der Waals surface area contributed by atoms with Crippen molar-refractivity contribution in [3.8, 4) is 17.7 Å². The van der Waals surface area contributed by atoms with Crippen LogP contribution in [0.4, 0.5) is 23.0 Å². The maximum absolute atomic E-state index is 13.2. The second-order valence-corrected chi connectivity index (χ2v) is 9.30. The van der Waals surface area contributed by atoms with E-state index in [4.69, 9.17) is 31.5 Å². The molecule has 0 saturated carbocycles. The summed E-state index contributed by atoms with van der Waals surface area (Å²) in [7, 11) is 15.0. The highest BCUT2D eigenvalue weighted by Crippen LogP contribution is 2.36. The van der Waals surface area contributed by atoms with Crippen LogP contribution in [0, 0.1) is 18.3 Å². The summed E-state index contributed by atoms with van der Waals surface area (Å²) >= 11 is 0. The molecule has 3 aromatic rings. The number of anilines is 4. The first kappa shape index (κ1) is 28.6. The minimum Gasteiger partial charge on any atom is -0.437 e. The SMILES string of the molecule is [B]C1(O)CN(C)CC([B])(O)N1C(=O)c1ccc(Nc2cc(Oc3cnc(C#N)cc3C)nc(NC)c2NN)nc1. The molecule has 14 nitrogen and oxygen atoms in total. The van der Waals surface area contributed by atoms with Crippen molar-refractivity contribution < 1.29 is 19.7 Å². The smallest absolute Gasteiger partial charge is 0.258 e. The summed E-state index contributed by atoms with van der Waals surface area (Å²) in [5, 5.41) is 36.3. The van der Waals surface area contributed by atoms with Gasteiger partial charge >= 0.3 is 0 Å². The topological polar surface area (TPSA) is 198 Å². The Hall–Kier alpha value is -4.42. The third-order valence-corrected chi connectivity index (χ3v) is 6.02. The molecule has 0 aromatic carbocycles. The fourth-order valence-corrected chi connectivity index (χ4v) is 4.36. The lowest BCUT2D eigenvalue weighted by molar-refractivity contribution is -0.171. The first-order valence-electron chi connectivity index (χ1n) is 11.9.